The number of rotatable bonds is 4. The molecule has 0 saturated heterocycles. The molecule has 0 unspecified atom stereocenters. The minimum Gasteiger partial charge on any atom is -0.457 e. The topological polar surface area (TPSA) is 68.3 Å². The molecule has 1 N–H and O–H groups in total. The van der Waals surface area contributed by atoms with Crippen LogP contribution >= 0.6 is 11.6 Å². The molecule has 0 bridgehead atoms. The molecular weight excluding hydrogens is 292 g/mol. The van der Waals surface area contributed by atoms with E-state index in [1.165, 1.54) is 6.92 Å². The molecule has 21 heavy (non-hydrogen) atoms. The highest BCUT2D eigenvalue weighted by Crippen LogP contribution is 2.13. The number of anilines is 1. The van der Waals surface area contributed by atoms with Crippen molar-refractivity contribution in [3.05, 3.63) is 58.9 Å². The lowest BCUT2D eigenvalue weighted by molar-refractivity contribution is -0.114. The van der Waals surface area contributed by atoms with Crippen LogP contribution in [0, 0.1) is 0 Å². The summed E-state index contributed by atoms with van der Waals surface area (Å²) in [5.41, 5.74) is 1.65. The summed E-state index contributed by atoms with van der Waals surface area (Å²) >= 11 is 5.68. The summed E-state index contributed by atoms with van der Waals surface area (Å²) in [4.78, 5) is 26.8. The van der Waals surface area contributed by atoms with Gasteiger partial charge in [0, 0.05) is 24.4 Å². The number of esters is 1. The molecule has 2 rings (SSSR count). The van der Waals surface area contributed by atoms with Crippen molar-refractivity contribution in [2.24, 2.45) is 0 Å². The summed E-state index contributed by atoms with van der Waals surface area (Å²) in [5, 5.41) is 2.99. The van der Waals surface area contributed by atoms with E-state index in [1.807, 2.05) is 0 Å². The van der Waals surface area contributed by atoms with Gasteiger partial charge in [-0.15, -0.1) is 0 Å². The van der Waals surface area contributed by atoms with Gasteiger partial charge in [-0.2, -0.15) is 0 Å². The van der Waals surface area contributed by atoms with Crippen molar-refractivity contribution < 1.29 is 14.3 Å². The summed E-state index contributed by atoms with van der Waals surface area (Å²) in [7, 11) is 0. The number of halogens is 1. The second-order valence-electron chi connectivity index (χ2n) is 4.33. The highest BCUT2D eigenvalue weighted by molar-refractivity contribution is 6.29. The molecule has 108 valence electrons. The molecule has 0 radical (unpaired) electrons. The largest absolute Gasteiger partial charge is 0.457 e. The predicted octanol–water partition coefficient (Wildman–Crippen LogP) is 3.05. The summed E-state index contributed by atoms with van der Waals surface area (Å²) in [5.74, 6) is -0.676. The highest BCUT2D eigenvalue weighted by Gasteiger charge is 2.08. The fourth-order valence-corrected chi connectivity index (χ4v) is 1.76. The van der Waals surface area contributed by atoms with Gasteiger partial charge in [-0.1, -0.05) is 23.7 Å². The van der Waals surface area contributed by atoms with E-state index in [0.717, 1.165) is 5.56 Å². The van der Waals surface area contributed by atoms with Gasteiger partial charge in [0.1, 0.15) is 11.8 Å². The third kappa shape index (κ3) is 4.57. The first-order valence-corrected chi connectivity index (χ1v) is 6.57. The molecule has 6 heteroatoms. The van der Waals surface area contributed by atoms with Crippen LogP contribution in [0.2, 0.25) is 5.15 Å². The first kappa shape index (κ1) is 15.0. The molecule has 0 atom stereocenters. The molecule has 1 heterocycles. The van der Waals surface area contributed by atoms with E-state index in [2.05, 4.69) is 10.3 Å². The Hall–Kier alpha value is -2.40. The van der Waals surface area contributed by atoms with Gasteiger partial charge >= 0.3 is 5.97 Å². The third-order valence-electron chi connectivity index (χ3n) is 2.58. The summed E-state index contributed by atoms with van der Waals surface area (Å²) in [6.07, 6.45) is 1.54. The molecule has 0 aliphatic rings. The van der Waals surface area contributed by atoms with Gasteiger partial charge in [0.15, 0.2) is 0 Å². The number of benzene rings is 1. The van der Waals surface area contributed by atoms with Crippen LogP contribution < -0.4 is 5.32 Å². The number of pyridine rings is 1. The van der Waals surface area contributed by atoms with Crippen molar-refractivity contribution in [1.29, 1.82) is 0 Å². The highest BCUT2D eigenvalue weighted by atomic mass is 35.5. The molecule has 0 aliphatic carbocycles. The average Bonchev–Trinajstić information content (AvgIpc) is 2.46. The monoisotopic (exact) mass is 304 g/mol. The minimum absolute atomic E-state index is 0.105. The summed E-state index contributed by atoms with van der Waals surface area (Å²) in [6.45, 7) is 1.51. The number of carbonyl (C=O) groups is 2. The molecule has 5 nitrogen and oxygen atoms in total. The second kappa shape index (κ2) is 6.85. The number of carbonyl (C=O) groups excluding carboxylic acids is 2. The number of amides is 1. The molecule has 2 aromatic rings. The van der Waals surface area contributed by atoms with Crippen LogP contribution in [-0.2, 0) is 16.1 Å². The van der Waals surface area contributed by atoms with Crippen molar-refractivity contribution in [1.82, 2.24) is 4.98 Å². The Labute approximate surface area is 126 Å². The fourth-order valence-electron chi connectivity index (χ4n) is 1.65. The molecule has 1 aromatic carbocycles. The van der Waals surface area contributed by atoms with Gasteiger partial charge in [-0.25, -0.2) is 9.78 Å². The second-order valence-corrected chi connectivity index (χ2v) is 4.71. The lowest BCUT2D eigenvalue weighted by Gasteiger charge is -2.07. The van der Waals surface area contributed by atoms with Gasteiger partial charge in [0.25, 0.3) is 0 Å². The van der Waals surface area contributed by atoms with Crippen LogP contribution in [0.3, 0.4) is 0 Å². The zero-order chi connectivity index (χ0) is 15.2. The van der Waals surface area contributed by atoms with E-state index in [4.69, 9.17) is 16.3 Å². The Morgan fingerprint density at radius 1 is 1.29 bits per heavy atom. The lowest BCUT2D eigenvalue weighted by atomic mass is 10.2. The van der Waals surface area contributed by atoms with E-state index < -0.39 is 5.97 Å². The maximum absolute atomic E-state index is 11.9. The van der Waals surface area contributed by atoms with Crippen LogP contribution in [0.1, 0.15) is 22.8 Å². The maximum atomic E-state index is 11.9. The van der Waals surface area contributed by atoms with E-state index in [9.17, 15) is 9.59 Å². The Bertz CT molecular complexity index is 656. The summed E-state index contributed by atoms with van der Waals surface area (Å²) in [6, 6.07) is 9.91. The van der Waals surface area contributed by atoms with Crippen molar-refractivity contribution >= 4 is 29.2 Å². The van der Waals surface area contributed by atoms with Gasteiger partial charge in [0.05, 0.1) is 5.56 Å². The van der Waals surface area contributed by atoms with Gasteiger partial charge < -0.3 is 10.1 Å². The van der Waals surface area contributed by atoms with Crippen LogP contribution in [0.4, 0.5) is 5.69 Å². The molecular formula is C15H13ClN2O3. The number of nitrogens with one attached hydrogen (secondary N) is 1. The first-order valence-electron chi connectivity index (χ1n) is 6.20. The maximum Gasteiger partial charge on any atom is 0.338 e. The van der Waals surface area contributed by atoms with Crippen LogP contribution in [-0.4, -0.2) is 16.9 Å². The molecule has 0 saturated carbocycles. The number of hydrogen-bond acceptors (Lipinski definition) is 4. The van der Waals surface area contributed by atoms with Crippen molar-refractivity contribution in [2.75, 3.05) is 5.32 Å². The molecule has 0 aliphatic heterocycles. The van der Waals surface area contributed by atoms with E-state index >= 15 is 0 Å². The fraction of sp³-hybridized carbons (Fsp3) is 0.133. The summed E-state index contributed by atoms with van der Waals surface area (Å²) < 4.78 is 5.18. The average molecular weight is 305 g/mol. The Morgan fingerprint density at radius 3 is 2.76 bits per heavy atom. The Morgan fingerprint density at radius 2 is 2.10 bits per heavy atom. The van der Waals surface area contributed by atoms with E-state index in [-0.39, 0.29) is 12.5 Å². The van der Waals surface area contributed by atoms with Gasteiger partial charge in [0.2, 0.25) is 5.91 Å². The first-order chi connectivity index (χ1) is 10.0. The normalized spacial score (nSPS) is 10.0. The molecule has 1 amide bonds. The SMILES string of the molecule is CC(=O)Nc1cccc(C(=O)OCc2ccc(Cl)nc2)c1. The minimum atomic E-state index is -0.475. The van der Waals surface area contributed by atoms with E-state index in [0.29, 0.717) is 16.4 Å². The predicted molar refractivity (Wildman–Crippen MR) is 79.1 cm³/mol. The lowest BCUT2D eigenvalue weighted by Crippen LogP contribution is -2.09. The van der Waals surface area contributed by atoms with Gasteiger partial charge in [-0.3, -0.25) is 4.79 Å². The number of ether oxygens (including phenoxy) is 1. The number of hydrogen-bond donors (Lipinski definition) is 1. The van der Waals surface area contributed by atoms with Crippen LogP contribution in [0.5, 0.6) is 0 Å². The Kier molecular flexibility index (Phi) is 4.90. The quantitative estimate of drug-likeness (QED) is 0.696. The zero-order valence-corrected chi connectivity index (χ0v) is 12.1. The van der Waals surface area contributed by atoms with Crippen LogP contribution in [0.25, 0.3) is 0 Å². The zero-order valence-electron chi connectivity index (χ0n) is 11.3. The van der Waals surface area contributed by atoms with Gasteiger partial charge in [-0.05, 0) is 24.3 Å². The van der Waals surface area contributed by atoms with E-state index in [1.54, 1.807) is 42.6 Å². The number of aromatic nitrogens is 1. The third-order valence-corrected chi connectivity index (χ3v) is 2.80. The molecule has 0 fully saturated rings. The molecule has 0 spiro atoms. The smallest absolute Gasteiger partial charge is 0.338 e. The van der Waals surface area contributed by atoms with Crippen LogP contribution in [0.15, 0.2) is 42.6 Å². The number of nitrogens with zero attached hydrogens (tertiary/aromatic N) is 1. The van der Waals surface area contributed by atoms with Crippen molar-refractivity contribution in [3.8, 4) is 0 Å². The molecule has 1 aromatic heterocycles. The van der Waals surface area contributed by atoms with Crippen molar-refractivity contribution in [2.45, 2.75) is 13.5 Å². The Balaban J connectivity index is 1.99. The standard InChI is InChI=1S/C15H13ClN2O3/c1-10(19)18-13-4-2-3-12(7-13)15(20)21-9-11-5-6-14(16)17-8-11/h2-8H,9H2,1H3,(H,18,19). The van der Waals surface area contributed by atoms with Crippen molar-refractivity contribution in [3.63, 3.8) is 0 Å².